The lowest BCUT2D eigenvalue weighted by Gasteiger charge is -2.62. The summed E-state index contributed by atoms with van der Waals surface area (Å²) in [5.74, 6) is 0.0996. The Morgan fingerprint density at radius 2 is 2.17 bits per heavy atom. The third kappa shape index (κ3) is 3.00. The van der Waals surface area contributed by atoms with Crippen molar-refractivity contribution in [3.8, 4) is 17.3 Å². The molecule has 2 aliphatic rings. The smallest absolute Gasteiger partial charge is 0.211 e. The first-order chi connectivity index (χ1) is 14.4. The monoisotopic (exact) mass is 425 g/mol. The number of fused-ring (bicyclic) bond motifs is 1. The maximum Gasteiger partial charge on any atom is 0.211 e. The molecule has 0 unspecified atom stereocenters. The standard InChI is InChI=1S/C20H23N7O2S/c1-2-30(28,29)26-15-7-19(8-15)11-20(12-19,4-5-21)27-10-14(9-25-27)17-16-3-6-22-18(16)24-13-23-17/h3,6,9-10,13,15,26H,2,4,7-8,11-12H2,1H3,(H,22,23,24). The van der Waals surface area contributed by atoms with Crippen LogP contribution in [0, 0.1) is 16.7 Å². The molecule has 30 heavy (non-hydrogen) atoms. The number of sulfonamides is 1. The van der Waals surface area contributed by atoms with Gasteiger partial charge in [-0.2, -0.15) is 10.4 Å². The summed E-state index contributed by atoms with van der Waals surface area (Å²) >= 11 is 0. The topological polar surface area (TPSA) is 129 Å². The lowest BCUT2D eigenvalue weighted by molar-refractivity contribution is -0.102. The van der Waals surface area contributed by atoms with Crippen LogP contribution in [0.3, 0.4) is 0 Å². The molecule has 156 valence electrons. The van der Waals surface area contributed by atoms with Gasteiger partial charge in [0.1, 0.15) is 12.0 Å². The van der Waals surface area contributed by atoms with E-state index < -0.39 is 10.0 Å². The van der Waals surface area contributed by atoms with Crippen molar-refractivity contribution in [1.29, 1.82) is 5.26 Å². The van der Waals surface area contributed by atoms with E-state index in [1.165, 1.54) is 6.33 Å². The number of nitrogens with zero attached hydrogens (tertiary/aromatic N) is 5. The molecule has 0 bridgehead atoms. The van der Waals surface area contributed by atoms with Crippen LogP contribution >= 0.6 is 0 Å². The van der Waals surface area contributed by atoms with Gasteiger partial charge in [-0.15, -0.1) is 0 Å². The number of nitriles is 1. The van der Waals surface area contributed by atoms with Crippen LogP contribution in [0.2, 0.25) is 0 Å². The fourth-order valence-corrected chi connectivity index (χ4v) is 6.20. The molecule has 3 aromatic heterocycles. The molecule has 0 radical (unpaired) electrons. The molecule has 0 aliphatic heterocycles. The van der Waals surface area contributed by atoms with Crippen molar-refractivity contribution in [3.63, 3.8) is 0 Å². The van der Waals surface area contributed by atoms with E-state index in [0.717, 1.165) is 48.0 Å². The third-order valence-electron chi connectivity index (χ3n) is 6.60. The lowest BCUT2D eigenvalue weighted by atomic mass is 9.46. The zero-order valence-electron chi connectivity index (χ0n) is 16.7. The molecule has 2 aliphatic carbocycles. The van der Waals surface area contributed by atoms with Crippen LogP contribution in [0.5, 0.6) is 0 Å². The largest absolute Gasteiger partial charge is 0.346 e. The zero-order chi connectivity index (χ0) is 21.0. The van der Waals surface area contributed by atoms with E-state index in [1.807, 2.05) is 23.1 Å². The van der Waals surface area contributed by atoms with Crippen molar-refractivity contribution in [3.05, 3.63) is 31.0 Å². The quantitative estimate of drug-likeness (QED) is 0.623. The number of hydrogen-bond acceptors (Lipinski definition) is 6. The van der Waals surface area contributed by atoms with Gasteiger partial charge in [0.2, 0.25) is 10.0 Å². The summed E-state index contributed by atoms with van der Waals surface area (Å²) in [7, 11) is -3.18. The number of hydrogen-bond donors (Lipinski definition) is 2. The summed E-state index contributed by atoms with van der Waals surface area (Å²) < 4.78 is 28.3. The van der Waals surface area contributed by atoms with Gasteiger partial charge in [0.15, 0.2) is 0 Å². The van der Waals surface area contributed by atoms with Gasteiger partial charge < -0.3 is 4.98 Å². The van der Waals surface area contributed by atoms with Crippen LogP contribution in [-0.4, -0.2) is 44.9 Å². The molecule has 1 spiro atoms. The van der Waals surface area contributed by atoms with Crippen molar-refractivity contribution in [2.45, 2.75) is 50.6 Å². The Labute approximate surface area is 174 Å². The predicted octanol–water partition coefficient (Wildman–Crippen LogP) is 2.31. The van der Waals surface area contributed by atoms with Crippen molar-refractivity contribution >= 4 is 21.1 Å². The van der Waals surface area contributed by atoms with Gasteiger partial charge in [0.25, 0.3) is 0 Å². The summed E-state index contributed by atoms with van der Waals surface area (Å²) in [5, 5.41) is 15.0. The van der Waals surface area contributed by atoms with Crippen LogP contribution in [0.15, 0.2) is 31.0 Å². The summed E-state index contributed by atoms with van der Waals surface area (Å²) in [6.45, 7) is 1.65. The molecule has 9 nitrogen and oxygen atoms in total. The first-order valence-corrected chi connectivity index (χ1v) is 11.7. The van der Waals surface area contributed by atoms with Gasteiger partial charge >= 0.3 is 0 Å². The predicted molar refractivity (Wildman–Crippen MR) is 111 cm³/mol. The van der Waals surface area contributed by atoms with Crippen molar-refractivity contribution in [1.82, 2.24) is 29.5 Å². The van der Waals surface area contributed by atoms with Crippen LogP contribution in [0.4, 0.5) is 0 Å². The average molecular weight is 426 g/mol. The normalized spacial score (nSPS) is 28.2. The Hall–Kier alpha value is -2.77. The molecule has 2 fully saturated rings. The van der Waals surface area contributed by atoms with E-state index in [4.69, 9.17) is 0 Å². The molecular formula is C20H23N7O2S. The lowest BCUT2D eigenvalue weighted by Crippen LogP contribution is -2.63. The van der Waals surface area contributed by atoms with Crippen molar-refractivity contribution < 1.29 is 8.42 Å². The van der Waals surface area contributed by atoms with Crippen LogP contribution in [-0.2, 0) is 15.6 Å². The van der Waals surface area contributed by atoms with Crippen LogP contribution in [0.1, 0.15) is 39.0 Å². The first-order valence-electron chi connectivity index (χ1n) is 10.1. The second-order valence-electron chi connectivity index (χ2n) is 8.68. The summed E-state index contributed by atoms with van der Waals surface area (Å²) in [6, 6.07) is 4.27. The second-order valence-corrected chi connectivity index (χ2v) is 10.7. The van der Waals surface area contributed by atoms with E-state index >= 15 is 0 Å². The van der Waals surface area contributed by atoms with Crippen LogP contribution in [0.25, 0.3) is 22.3 Å². The van der Waals surface area contributed by atoms with E-state index in [-0.39, 0.29) is 22.7 Å². The number of aromatic nitrogens is 5. The molecule has 3 heterocycles. The van der Waals surface area contributed by atoms with Gasteiger partial charge in [0, 0.05) is 29.4 Å². The van der Waals surface area contributed by atoms with E-state index in [0.29, 0.717) is 6.42 Å². The zero-order valence-corrected chi connectivity index (χ0v) is 17.5. The van der Waals surface area contributed by atoms with Crippen molar-refractivity contribution in [2.75, 3.05) is 5.75 Å². The molecule has 3 aromatic rings. The molecular weight excluding hydrogens is 402 g/mol. The summed E-state index contributed by atoms with van der Waals surface area (Å²) in [4.78, 5) is 11.7. The molecule has 0 atom stereocenters. The molecule has 0 saturated heterocycles. The first kappa shape index (κ1) is 19.2. The minimum Gasteiger partial charge on any atom is -0.346 e. The Morgan fingerprint density at radius 3 is 2.90 bits per heavy atom. The fourth-order valence-electron chi connectivity index (χ4n) is 5.36. The second kappa shape index (κ2) is 6.62. The maximum atomic E-state index is 11.8. The van der Waals surface area contributed by atoms with Crippen LogP contribution < -0.4 is 4.72 Å². The Morgan fingerprint density at radius 1 is 1.37 bits per heavy atom. The van der Waals surface area contributed by atoms with Gasteiger partial charge in [-0.25, -0.2) is 23.1 Å². The fraction of sp³-hybridized carbons (Fsp3) is 0.500. The molecule has 0 aromatic carbocycles. The van der Waals surface area contributed by atoms with Gasteiger partial charge in [-0.1, -0.05) is 0 Å². The number of H-pyrrole nitrogens is 1. The minimum atomic E-state index is -3.18. The number of nitrogens with one attached hydrogen (secondary N) is 2. The highest BCUT2D eigenvalue weighted by molar-refractivity contribution is 7.89. The highest BCUT2D eigenvalue weighted by Gasteiger charge is 2.61. The minimum absolute atomic E-state index is 0.00566. The SMILES string of the molecule is CCS(=O)(=O)NC1CC2(C1)CC(CC#N)(n1cc(-c3ncnc4[nH]ccc34)cn1)C2. The summed E-state index contributed by atoms with van der Waals surface area (Å²) in [6.07, 6.45) is 10.8. The van der Waals surface area contributed by atoms with E-state index in [9.17, 15) is 13.7 Å². The highest BCUT2D eigenvalue weighted by atomic mass is 32.2. The Balaban J connectivity index is 1.35. The average Bonchev–Trinajstić information content (AvgIpc) is 3.34. The van der Waals surface area contributed by atoms with Gasteiger partial charge in [0.05, 0.1) is 35.7 Å². The summed E-state index contributed by atoms with van der Waals surface area (Å²) in [5.41, 5.74) is 2.24. The van der Waals surface area contributed by atoms with Gasteiger partial charge in [-0.05, 0) is 44.1 Å². The highest BCUT2D eigenvalue weighted by Crippen LogP contribution is 2.64. The third-order valence-corrected chi connectivity index (χ3v) is 8.05. The van der Waals surface area contributed by atoms with E-state index in [1.54, 1.807) is 13.1 Å². The van der Waals surface area contributed by atoms with E-state index in [2.05, 4.69) is 30.8 Å². The maximum absolute atomic E-state index is 11.8. The number of rotatable bonds is 6. The molecule has 0 amide bonds. The number of aromatic amines is 1. The van der Waals surface area contributed by atoms with Gasteiger partial charge in [-0.3, -0.25) is 4.68 Å². The Kier molecular flexibility index (Phi) is 4.24. The molecule has 5 rings (SSSR count). The molecule has 2 saturated carbocycles. The van der Waals surface area contributed by atoms with Crippen molar-refractivity contribution in [2.24, 2.45) is 5.41 Å². The molecule has 2 N–H and O–H groups in total. The Bertz CT molecular complexity index is 1240. The molecule has 10 heteroatoms.